The van der Waals surface area contributed by atoms with Crippen molar-refractivity contribution in [2.45, 2.75) is 45.4 Å². The molecule has 0 aromatic carbocycles. The second-order valence-electron chi connectivity index (χ2n) is 4.94. The highest BCUT2D eigenvalue weighted by atomic mass is 16.6. The Bertz CT molecular complexity index is 616. The summed E-state index contributed by atoms with van der Waals surface area (Å²) in [7, 11) is 0. The molecule has 24 heavy (non-hydrogen) atoms. The minimum absolute atomic E-state index is 0. The smallest absolute Gasteiger partial charge is 0.303 e. The molecule has 0 amide bonds. The van der Waals surface area contributed by atoms with E-state index in [1.54, 1.807) is 6.92 Å². The number of nitrogens with two attached hydrogens (primary N) is 1. The van der Waals surface area contributed by atoms with Crippen LogP contribution in [0.1, 0.15) is 54.0 Å². The number of hydrogen-bond donors (Lipinski definition) is 3. The molecule has 0 spiro atoms. The zero-order chi connectivity index (χ0) is 18.7. The molecule has 0 aromatic heterocycles. The van der Waals surface area contributed by atoms with Crippen molar-refractivity contribution in [3.05, 3.63) is 4.91 Å². The van der Waals surface area contributed by atoms with Crippen LogP contribution < -0.4 is 5.73 Å². The summed E-state index contributed by atoms with van der Waals surface area (Å²) < 4.78 is 0. The van der Waals surface area contributed by atoms with Crippen LogP contribution in [0.3, 0.4) is 0 Å². The van der Waals surface area contributed by atoms with Crippen LogP contribution >= 0.6 is 0 Å². The SMILES string of the molecule is C#CC#CC#CC#CC.NCC1(CC(=O)O)CCCCC1.O=NO.[HH].[HH].[HH].[HH].[HH].[HH]. The predicted molar refractivity (Wildman–Crippen MR) is 105 cm³/mol. The van der Waals surface area contributed by atoms with Gasteiger partial charge >= 0.3 is 5.97 Å². The molecular weight excluding hydrogens is 308 g/mol. The van der Waals surface area contributed by atoms with Gasteiger partial charge < -0.3 is 16.0 Å². The first-order valence-electron chi connectivity index (χ1n) is 7.27. The highest BCUT2D eigenvalue weighted by Crippen LogP contribution is 2.38. The maximum absolute atomic E-state index is 10.6. The average Bonchev–Trinajstić information content (AvgIpc) is 2.56. The Kier molecular flexibility index (Phi) is 16.0. The molecular formula is C18H34N2O4. The first kappa shape index (κ1) is 23.3. The molecule has 0 bridgehead atoms. The average molecular weight is 342 g/mol. The highest BCUT2D eigenvalue weighted by molar-refractivity contribution is 5.67. The van der Waals surface area contributed by atoms with Gasteiger partial charge in [0.05, 0.1) is 6.42 Å². The van der Waals surface area contributed by atoms with E-state index in [0.717, 1.165) is 25.7 Å². The van der Waals surface area contributed by atoms with Crippen LogP contribution in [0, 0.1) is 58.2 Å². The zero-order valence-electron chi connectivity index (χ0n) is 13.8. The number of terminal acetylenes is 1. The Hall–Kier alpha value is -2.93. The summed E-state index contributed by atoms with van der Waals surface area (Å²) in [6, 6.07) is 0. The molecule has 6 nitrogen and oxygen atoms in total. The van der Waals surface area contributed by atoms with Crippen molar-refractivity contribution in [3.63, 3.8) is 0 Å². The van der Waals surface area contributed by atoms with Gasteiger partial charge in [0, 0.05) is 8.56 Å². The van der Waals surface area contributed by atoms with Gasteiger partial charge in [0.15, 0.2) is 5.34 Å². The number of carboxylic acids is 1. The topological polar surface area (TPSA) is 113 Å². The minimum Gasteiger partial charge on any atom is -0.481 e. The second-order valence-corrected chi connectivity index (χ2v) is 4.94. The Balaban J connectivity index is -0.0000000411. The Morgan fingerprint density at radius 1 is 1.21 bits per heavy atom. The van der Waals surface area contributed by atoms with Crippen LogP contribution in [0.15, 0.2) is 5.34 Å². The van der Waals surface area contributed by atoms with Gasteiger partial charge in [-0.15, -0.1) is 11.3 Å². The maximum atomic E-state index is 10.6. The fourth-order valence-corrected chi connectivity index (χ4v) is 2.27. The number of carboxylic acid groups (broad SMARTS) is 1. The molecule has 0 saturated heterocycles. The molecule has 0 radical (unpaired) electrons. The summed E-state index contributed by atoms with van der Waals surface area (Å²) in [5, 5.41) is 16.6. The van der Waals surface area contributed by atoms with Crippen LogP contribution in [-0.4, -0.2) is 22.8 Å². The lowest BCUT2D eigenvalue weighted by Gasteiger charge is -2.34. The molecule has 1 aliphatic carbocycles. The van der Waals surface area contributed by atoms with Crippen molar-refractivity contribution in [1.82, 2.24) is 0 Å². The number of hydrogen-bond acceptors (Lipinski definition) is 4. The van der Waals surface area contributed by atoms with E-state index < -0.39 is 5.97 Å². The lowest BCUT2D eigenvalue weighted by molar-refractivity contribution is -0.140. The molecule has 1 fully saturated rings. The largest absolute Gasteiger partial charge is 0.481 e. The number of aliphatic carboxylic acids is 1. The van der Waals surface area contributed by atoms with E-state index in [1.165, 1.54) is 11.8 Å². The third-order valence-electron chi connectivity index (χ3n) is 3.32. The summed E-state index contributed by atoms with van der Waals surface area (Å²) >= 11 is 0. The quantitative estimate of drug-likeness (QED) is 0.412. The molecule has 1 saturated carbocycles. The molecule has 0 heterocycles. The van der Waals surface area contributed by atoms with Crippen molar-refractivity contribution < 1.29 is 23.7 Å². The molecule has 6 heteroatoms. The van der Waals surface area contributed by atoms with E-state index in [4.69, 9.17) is 27.4 Å². The van der Waals surface area contributed by atoms with Crippen molar-refractivity contribution in [1.29, 1.82) is 0 Å². The van der Waals surface area contributed by atoms with Crippen LogP contribution in [0.5, 0.6) is 0 Å². The molecule has 1 rings (SSSR count). The van der Waals surface area contributed by atoms with E-state index in [2.05, 4.69) is 41.4 Å². The molecule has 0 atom stereocenters. The first-order valence-corrected chi connectivity index (χ1v) is 7.27. The molecule has 0 unspecified atom stereocenters. The second kappa shape index (κ2) is 16.4. The molecule has 140 valence electrons. The normalized spacial score (nSPS) is 12.9. The van der Waals surface area contributed by atoms with Crippen LogP contribution in [0.2, 0.25) is 0 Å². The van der Waals surface area contributed by atoms with E-state index in [1.807, 2.05) is 0 Å². The maximum Gasteiger partial charge on any atom is 0.303 e. The highest BCUT2D eigenvalue weighted by Gasteiger charge is 2.32. The van der Waals surface area contributed by atoms with Gasteiger partial charge in [-0.25, -0.2) is 0 Å². The number of carbonyl (C=O) groups is 1. The van der Waals surface area contributed by atoms with Gasteiger partial charge in [0.25, 0.3) is 0 Å². The lowest BCUT2D eigenvalue weighted by atomic mass is 9.72. The molecule has 1 aliphatic rings. The van der Waals surface area contributed by atoms with Crippen molar-refractivity contribution in [2.24, 2.45) is 16.5 Å². The van der Waals surface area contributed by atoms with Gasteiger partial charge in [0.2, 0.25) is 0 Å². The minimum atomic E-state index is -0.706. The molecule has 0 aliphatic heterocycles. The summed E-state index contributed by atoms with van der Waals surface area (Å²) in [4.78, 5) is 18.7. The van der Waals surface area contributed by atoms with Crippen LogP contribution in [-0.2, 0) is 4.79 Å². The van der Waals surface area contributed by atoms with Crippen molar-refractivity contribution in [3.8, 4) is 47.9 Å². The van der Waals surface area contributed by atoms with Gasteiger partial charge in [-0.05, 0) is 67.2 Å². The zero-order valence-corrected chi connectivity index (χ0v) is 13.8. The lowest BCUT2D eigenvalue weighted by Crippen LogP contribution is -2.34. The number of rotatable bonds is 3. The third kappa shape index (κ3) is 14.0. The Morgan fingerprint density at radius 3 is 2.12 bits per heavy atom. The summed E-state index contributed by atoms with van der Waals surface area (Å²) in [6.07, 6.45) is 10.6. The van der Waals surface area contributed by atoms with E-state index in [9.17, 15) is 4.79 Å². The monoisotopic (exact) mass is 342 g/mol. The van der Waals surface area contributed by atoms with Crippen LogP contribution in [0.25, 0.3) is 0 Å². The molecule has 0 aromatic rings. The Morgan fingerprint density at radius 2 is 1.71 bits per heavy atom. The fraction of sp³-hybridized carbons (Fsp3) is 0.500. The van der Waals surface area contributed by atoms with Gasteiger partial charge in [-0.2, -0.15) is 0 Å². The predicted octanol–water partition coefficient (Wildman–Crippen LogP) is 3.64. The molecule has 4 N–H and O–H groups in total. The van der Waals surface area contributed by atoms with Gasteiger partial charge in [-0.1, -0.05) is 25.2 Å². The summed E-state index contributed by atoms with van der Waals surface area (Å²) in [5.74, 6) is 16.3. The van der Waals surface area contributed by atoms with E-state index in [0.29, 0.717) is 6.54 Å². The summed E-state index contributed by atoms with van der Waals surface area (Å²) in [5.41, 5.74) is 5.54. The van der Waals surface area contributed by atoms with Gasteiger partial charge in [-0.3, -0.25) is 4.79 Å². The number of nitrogens with zero attached hydrogens (tertiary/aromatic N) is 1. The fourth-order valence-electron chi connectivity index (χ4n) is 2.27. The third-order valence-corrected chi connectivity index (χ3v) is 3.32. The van der Waals surface area contributed by atoms with Crippen LogP contribution in [0.4, 0.5) is 0 Å². The van der Waals surface area contributed by atoms with E-state index >= 15 is 0 Å². The summed E-state index contributed by atoms with van der Waals surface area (Å²) in [6.45, 7) is 2.24. The Labute approximate surface area is 152 Å². The standard InChI is InChI=1S/C9H17NO2.C9H4.HNO2.6H2/c10-7-9(6-8(11)12)4-2-1-3-5-9;1-3-5-7-9-8-6-4-2;2-1-3;;;;;;/h1-7,10H2,(H,11,12);1H,2H3;(H,2,3);6*1H. The first-order chi connectivity index (χ1) is 11.5. The van der Waals surface area contributed by atoms with Crippen molar-refractivity contribution >= 4 is 5.97 Å². The van der Waals surface area contributed by atoms with Gasteiger partial charge in [0.1, 0.15) is 0 Å². The van der Waals surface area contributed by atoms with E-state index in [-0.39, 0.29) is 20.4 Å². The van der Waals surface area contributed by atoms with Crippen molar-refractivity contribution in [2.75, 3.05) is 6.54 Å².